The predicted molar refractivity (Wildman–Crippen MR) is 84.6 cm³/mol. The molecule has 3 N–H and O–H groups in total. The lowest BCUT2D eigenvalue weighted by Gasteiger charge is -2.34. The normalized spacial score (nSPS) is 28.3. The molecule has 5 nitrogen and oxygen atoms in total. The number of pyridine rings is 1. The van der Waals surface area contributed by atoms with Crippen LogP contribution in [0.15, 0.2) is 48.8 Å². The molecule has 22 heavy (non-hydrogen) atoms. The first-order valence-electron chi connectivity index (χ1n) is 6.98. The van der Waals surface area contributed by atoms with Gasteiger partial charge < -0.3 is 20.1 Å². The Morgan fingerprint density at radius 3 is 2.55 bits per heavy atom. The molecule has 116 valence electrons. The molecule has 2 heterocycles. The minimum atomic E-state index is -1.20. The summed E-state index contributed by atoms with van der Waals surface area (Å²) < 4.78 is 5.73. The van der Waals surface area contributed by atoms with E-state index in [9.17, 15) is 15.3 Å². The molecule has 6 heteroatoms. The smallest absolute Gasteiger partial charge is 0.173 e. The standard InChI is InChI=1S/C16H17NO4S/c18-13-9-22-16(15(20)14(13)19)21-12-6-11(7-17-8-12)10-4-2-1-3-5-10/h1-8,13-16,18-20H,9H2/t13-,14+,15-,16+/m1/s1. The van der Waals surface area contributed by atoms with Gasteiger partial charge in [-0.1, -0.05) is 30.3 Å². The first-order chi connectivity index (χ1) is 10.6. The van der Waals surface area contributed by atoms with Crippen molar-refractivity contribution in [3.8, 4) is 16.9 Å². The van der Waals surface area contributed by atoms with Crippen molar-refractivity contribution in [3.63, 3.8) is 0 Å². The maximum absolute atomic E-state index is 9.98. The van der Waals surface area contributed by atoms with Crippen LogP contribution < -0.4 is 4.74 Å². The Kier molecular flexibility index (Phi) is 4.63. The Balaban J connectivity index is 1.76. The van der Waals surface area contributed by atoms with E-state index in [-0.39, 0.29) is 0 Å². The van der Waals surface area contributed by atoms with Crippen LogP contribution in [0.2, 0.25) is 0 Å². The fraction of sp³-hybridized carbons (Fsp3) is 0.312. The average Bonchev–Trinajstić information content (AvgIpc) is 2.57. The number of aromatic nitrogens is 1. The van der Waals surface area contributed by atoms with Gasteiger partial charge in [-0.05, 0) is 11.6 Å². The maximum Gasteiger partial charge on any atom is 0.173 e. The van der Waals surface area contributed by atoms with Gasteiger partial charge in [-0.3, -0.25) is 4.98 Å². The topological polar surface area (TPSA) is 82.8 Å². The minimum absolute atomic E-state index is 0.314. The highest BCUT2D eigenvalue weighted by Crippen LogP contribution is 2.30. The van der Waals surface area contributed by atoms with Gasteiger partial charge in [-0.2, -0.15) is 0 Å². The van der Waals surface area contributed by atoms with Gasteiger partial charge in [0.05, 0.1) is 12.3 Å². The molecule has 0 bridgehead atoms. The molecule has 0 spiro atoms. The summed E-state index contributed by atoms with van der Waals surface area (Å²) in [6.45, 7) is 0. The van der Waals surface area contributed by atoms with Gasteiger partial charge in [-0.25, -0.2) is 0 Å². The van der Waals surface area contributed by atoms with Gasteiger partial charge in [0.15, 0.2) is 5.44 Å². The van der Waals surface area contributed by atoms with Crippen molar-refractivity contribution < 1.29 is 20.1 Å². The van der Waals surface area contributed by atoms with Crippen molar-refractivity contribution in [2.24, 2.45) is 0 Å². The van der Waals surface area contributed by atoms with E-state index in [1.165, 1.54) is 11.8 Å². The van der Waals surface area contributed by atoms with Gasteiger partial charge in [-0.15, -0.1) is 11.8 Å². The highest BCUT2D eigenvalue weighted by Gasteiger charge is 2.38. The molecule has 2 aromatic rings. The molecule has 1 aromatic carbocycles. The van der Waals surface area contributed by atoms with E-state index in [4.69, 9.17) is 4.74 Å². The van der Waals surface area contributed by atoms with Crippen LogP contribution in [0.4, 0.5) is 0 Å². The van der Waals surface area contributed by atoms with Crippen molar-refractivity contribution in [2.75, 3.05) is 5.75 Å². The number of hydrogen-bond acceptors (Lipinski definition) is 6. The lowest BCUT2D eigenvalue weighted by atomic mass is 10.1. The molecule has 3 rings (SSSR count). The van der Waals surface area contributed by atoms with E-state index in [0.717, 1.165) is 11.1 Å². The Labute approximate surface area is 132 Å². The van der Waals surface area contributed by atoms with Crippen molar-refractivity contribution in [1.29, 1.82) is 0 Å². The highest BCUT2D eigenvalue weighted by atomic mass is 32.2. The van der Waals surface area contributed by atoms with Gasteiger partial charge in [0.2, 0.25) is 0 Å². The van der Waals surface area contributed by atoms with Crippen molar-refractivity contribution in [2.45, 2.75) is 23.7 Å². The Hall–Kier alpha value is -1.60. The fourth-order valence-electron chi connectivity index (χ4n) is 2.29. The zero-order valence-corrected chi connectivity index (χ0v) is 12.6. The van der Waals surface area contributed by atoms with E-state index in [2.05, 4.69) is 4.98 Å². The molecule has 1 fully saturated rings. The van der Waals surface area contributed by atoms with Crippen LogP contribution in [0.1, 0.15) is 0 Å². The molecule has 1 aliphatic heterocycles. The van der Waals surface area contributed by atoms with Crippen LogP contribution in [0.3, 0.4) is 0 Å². The second kappa shape index (κ2) is 6.66. The second-order valence-corrected chi connectivity index (χ2v) is 6.27. The number of rotatable bonds is 3. The second-order valence-electron chi connectivity index (χ2n) is 5.14. The van der Waals surface area contributed by atoms with Crippen molar-refractivity contribution >= 4 is 11.8 Å². The van der Waals surface area contributed by atoms with Crippen molar-refractivity contribution in [1.82, 2.24) is 4.98 Å². The van der Waals surface area contributed by atoms with E-state index < -0.39 is 23.7 Å². The van der Waals surface area contributed by atoms with Crippen LogP contribution >= 0.6 is 11.8 Å². The third-order valence-electron chi connectivity index (χ3n) is 3.53. The summed E-state index contributed by atoms with van der Waals surface area (Å²) in [6.07, 6.45) is 0.0295. The Morgan fingerprint density at radius 1 is 1.00 bits per heavy atom. The number of aliphatic hydroxyl groups is 3. The van der Waals surface area contributed by atoms with Gasteiger partial charge in [0.1, 0.15) is 18.0 Å². The molecule has 0 saturated carbocycles. The number of nitrogens with zero attached hydrogens (tertiary/aromatic N) is 1. The monoisotopic (exact) mass is 319 g/mol. The lowest BCUT2D eigenvalue weighted by Crippen LogP contribution is -2.50. The summed E-state index contributed by atoms with van der Waals surface area (Å²) in [6, 6.07) is 11.6. The number of benzene rings is 1. The summed E-state index contributed by atoms with van der Waals surface area (Å²) in [7, 11) is 0. The van der Waals surface area contributed by atoms with E-state index >= 15 is 0 Å². The van der Waals surface area contributed by atoms with Crippen LogP contribution in [0.5, 0.6) is 5.75 Å². The number of hydrogen-bond donors (Lipinski definition) is 3. The Morgan fingerprint density at radius 2 is 1.77 bits per heavy atom. The summed E-state index contributed by atoms with van der Waals surface area (Å²) in [5.41, 5.74) is 1.30. The average molecular weight is 319 g/mol. The zero-order chi connectivity index (χ0) is 15.5. The fourth-order valence-corrected chi connectivity index (χ4v) is 3.41. The third-order valence-corrected chi connectivity index (χ3v) is 4.76. The summed E-state index contributed by atoms with van der Waals surface area (Å²) >= 11 is 1.27. The predicted octanol–water partition coefficient (Wildman–Crippen LogP) is 1.28. The van der Waals surface area contributed by atoms with Gasteiger partial charge in [0.25, 0.3) is 0 Å². The van der Waals surface area contributed by atoms with Gasteiger partial charge in [0, 0.05) is 17.5 Å². The van der Waals surface area contributed by atoms with Crippen LogP contribution in [-0.2, 0) is 0 Å². The van der Waals surface area contributed by atoms with Crippen LogP contribution in [-0.4, -0.2) is 49.8 Å². The molecule has 1 aromatic heterocycles. The third kappa shape index (κ3) is 3.25. The largest absolute Gasteiger partial charge is 0.475 e. The van der Waals surface area contributed by atoms with Crippen molar-refractivity contribution in [3.05, 3.63) is 48.8 Å². The molecular weight excluding hydrogens is 302 g/mol. The van der Waals surface area contributed by atoms with E-state index in [1.807, 2.05) is 36.4 Å². The molecule has 0 radical (unpaired) electrons. The van der Waals surface area contributed by atoms with E-state index in [0.29, 0.717) is 11.5 Å². The molecule has 4 atom stereocenters. The van der Waals surface area contributed by atoms with Crippen LogP contribution in [0.25, 0.3) is 11.1 Å². The molecule has 1 aliphatic rings. The van der Waals surface area contributed by atoms with Gasteiger partial charge >= 0.3 is 0 Å². The molecule has 1 saturated heterocycles. The molecular formula is C16H17NO4S. The van der Waals surface area contributed by atoms with Crippen LogP contribution in [0, 0.1) is 0 Å². The van der Waals surface area contributed by atoms with E-state index in [1.54, 1.807) is 12.4 Å². The molecule has 0 aliphatic carbocycles. The highest BCUT2D eigenvalue weighted by molar-refractivity contribution is 7.99. The minimum Gasteiger partial charge on any atom is -0.475 e. The maximum atomic E-state index is 9.98. The summed E-state index contributed by atoms with van der Waals surface area (Å²) in [5.74, 6) is 0.829. The quantitative estimate of drug-likeness (QED) is 0.791. The first-order valence-corrected chi connectivity index (χ1v) is 8.03. The number of aliphatic hydroxyl groups excluding tert-OH is 3. The summed E-state index contributed by atoms with van der Waals surface area (Å²) in [5, 5.41) is 29.2. The summed E-state index contributed by atoms with van der Waals surface area (Å²) in [4.78, 5) is 4.16. The molecule has 0 amide bonds. The first kappa shape index (κ1) is 15.3. The number of thioether (sulfide) groups is 1. The lowest BCUT2D eigenvalue weighted by molar-refractivity contribution is -0.0786. The SMILES string of the molecule is O[C@@H]1[C@@H](O)[C@@H](Oc2cncc(-c3ccccc3)c2)SC[C@H]1O. The number of ether oxygens (including phenoxy) is 1. The molecule has 0 unspecified atom stereocenters. The zero-order valence-electron chi connectivity index (χ0n) is 11.7. The Bertz CT molecular complexity index is 625.